The van der Waals surface area contributed by atoms with Crippen LogP contribution in [0.4, 0.5) is 10.8 Å². The van der Waals surface area contributed by atoms with Gasteiger partial charge < -0.3 is 5.11 Å². The van der Waals surface area contributed by atoms with Crippen molar-refractivity contribution in [2.45, 2.75) is 0 Å². The molecule has 0 bridgehead atoms. The quantitative estimate of drug-likeness (QED) is 0.292. The number of benzene rings is 2. The molecule has 0 aliphatic carbocycles. The van der Waals surface area contributed by atoms with Gasteiger partial charge in [0, 0.05) is 17.0 Å². The number of phenols is 1. The van der Waals surface area contributed by atoms with Gasteiger partial charge in [-0.25, -0.2) is 4.98 Å². The Morgan fingerprint density at radius 1 is 1.29 bits per heavy atom. The van der Waals surface area contributed by atoms with E-state index in [1.165, 1.54) is 23.5 Å². The molecule has 0 spiro atoms. The van der Waals surface area contributed by atoms with Crippen LogP contribution in [0.5, 0.6) is 5.75 Å². The highest BCUT2D eigenvalue weighted by atomic mass is 32.1. The van der Waals surface area contributed by atoms with Crippen LogP contribution in [0.15, 0.2) is 59.5 Å². The fourth-order valence-electron chi connectivity index (χ4n) is 2.33. The molecule has 0 atom stereocenters. The Labute approximate surface area is 163 Å². The minimum absolute atomic E-state index is 0.236. The molecule has 1 amide bonds. The number of phenolic OH excluding ortho intramolecular Hbond substituents is 1. The normalized spacial score (nSPS) is 10.9. The number of aromatic nitrogens is 1. The Bertz CT molecular complexity index is 1120. The summed E-state index contributed by atoms with van der Waals surface area (Å²) in [5.74, 6) is -1.19. The lowest BCUT2D eigenvalue weighted by Gasteiger charge is -2.01. The fourth-order valence-corrected chi connectivity index (χ4v) is 3.04. The minimum Gasteiger partial charge on any atom is -0.502 e. The van der Waals surface area contributed by atoms with Crippen molar-refractivity contribution in [3.63, 3.8) is 0 Å². The molecule has 3 rings (SSSR count). The van der Waals surface area contributed by atoms with E-state index in [4.69, 9.17) is 0 Å². The summed E-state index contributed by atoms with van der Waals surface area (Å²) in [6.45, 7) is 0. The number of amides is 1. The Kier molecular flexibility index (Phi) is 5.43. The predicted molar refractivity (Wildman–Crippen MR) is 105 cm³/mol. The number of nitro benzene ring substituents is 1. The first kappa shape index (κ1) is 18.8. The topological polar surface area (TPSA) is 129 Å². The van der Waals surface area contributed by atoms with Crippen molar-refractivity contribution < 1.29 is 14.8 Å². The summed E-state index contributed by atoms with van der Waals surface area (Å²) in [4.78, 5) is 26.8. The largest absolute Gasteiger partial charge is 0.502 e. The second kappa shape index (κ2) is 8.11. The Balaban J connectivity index is 1.80. The van der Waals surface area contributed by atoms with Crippen LogP contribution >= 0.6 is 11.3 Å². The summed E-state index contributed by atoms with van der Waals surface area (Å²) in [5, 5.41) is 34.3. The van der Waals surface area contributed by atoms with Crippen LogP contribution in [0, 0.1) is 21.4 Å². The highest BCUT2D eigenvalue weighted by molar-refractivity contribution is 7.14. The Morgan fingerprint density at radius 3 is 2.71 bits per heavy atom. The van der Waals surface area contributed by atoms with Crippen molar-refractivity contribution in [1.82, 2.24) is 4.98 Å². The zero-order valence-electron chi connectivity index (χ0n) is 14.2. The lowest BCUT2D eigenvalue weighted by molar-refractivity contribution is -0.385. The number of aromatic hydroxyl groups is 1. The summed E-state index contributed by atoms with van der Waals surface area (Å²) in [5.41, 5.74) is 1.06. The van der Waals surface area contributed by atoms with Gasteiger partial charge in [0.1, 0.15) is 11.6 Å². The van der Waals surface area contributed by atoms with Gasteiger partial charge in [-0.3, -0.25) is 20.2 Å². The molecule has 0 saturated carbocycles. The third-order valence-electron chi connectivity index (χ3n) is 3.67. The van der Waals surface area contributed by atoms with Crippen LogP contribution in [-0.2, 0) is 4.79 Å². The summed E-state index contributed by atoms with van der Waals surface area (Å²) in [6.07, 6.45) is 1.20. The summed E-state index contributed by atoms with van der Waals surface area (Å²) in [6, 6.07) is 14.8. The van der Waals surface area contributed by atoms with Gasteiger partial charge in [0.2, 0.25) is 0 Å². The molecule has 9 heteroatoms. The maximum absolute atomic E-state index is 12.4. The zero-order chi connectivity index (χ0) is 20.1. The molecule has 3 aromatic rings. The molecule has 1 aromatic heterocycles. The van der Waals surface area contributed by atoms with Crippen molar-refractivity contribution in [2.24, 2.45) is 0 Å². The van der Waals surface area contributed by atoms with E-state index in [1.54, 1.807) is 11.4 Å². The molecule has 138 valence electrons. The molecule has 0 radical (unpaired) electrons. The van der Waals surface area contributed by atoms with Crippen LogP contribution in [0.1, 0.15) is 5.56 Å². The van der Waals surface area contributed by atoms with E-state index in [0.717, 1.165) is 17.7 Å². The van der Waals surface area contributed by atoms with Crippen molar-refractivity contribution in [2.75, 3.05) is 5.32 Å². The Hall–Kier alpha value is -4.03. The second-order valence-electron chi connectivity index (χ2n) is 5.53. The van der Waals surface area contributed by atoms with E-state index < -0.39 is 22.3 Å². The molecule has 0 saturated heterocycles. The molecule has 2 N–H and O–H groups in total. The van der Waals surface area contributed by atoms with E-state index in [9.17, 15) is 25.3 Å². The number of rotatable bonds is 5. The van der Waals surface area contributed by atoms with Gasteiger partial charge in [-0.1, -0.05) is 36.4 Å². The van der Waals surface area contributed by atoms with E-state index >= 15 is 0 Å². The van der Waals surface area contributed by atoms with Crippen LogP contribution in [0.3, 0.4) is 0 Å². The SMILES string of the molecule is N#C/C(=C\c1ccc(O)c([N+](=O)[O-])c1)C(=O)Nc1nc(-c2ccccc2)cs1. The summed E-state index contributed by atoms with van der Waals surface area (Å²) in [7, 11) is 0. The van der Waals surface area contributed by atoms with Gasteiger partial charge in [-0.05, 0) is 17.7 Å². The molecular formula is C19H12N4O4S. The maximum Gasteiger partial charge on any atom is 0.311 e. The molecule has 28 heavy (non-hydrogen) atoms. The molecule has 0 aliphatic rings. The molecule has 0 fully saturated rings. The first-order chi connectivity index (χ1) is 13.5. The fraction of sp³-hybridized carbons (Fsp3) is 0. The maximum atomic E-state index is 12.4. The van der Waals surface area contributed by atoms with E-state index in [1.807, 2.05) is 30.3 Å². The number of hydrogen-bond donors (Lipinski definition) is 2. The van der Waals surface area contributed by atoms with Gasteiger partial charge in [-0.15, -0.1) is 11.3 Å². The predicted octanol–water partition coefficient (Wildman–Crippen LogP) is 3.97. The number of carbonyl (C=O) groups excluding carboxylic acids is 1. The zero-order valence-corrected chi connectivity index (χ0v) is 15.0. The molecular weight excluding hydrogens is 380 g/mol. The number of nitriles is 1. The lowest BCUT2D eigenvalue weighted by Crippen LogP contribution is -2.13. The molecule has 0 unspecified atom stereocenters. The van der Waals surface area contributed by atoms with Crippen LogP contribution in [0.2, 0.25) is 0 Å². The van der Waals surface area contributed by atoms with E-state index in [2.05, 4.69) is 10.3 Å². The molecule has 2 aromatic carbocycles. The average molecular weight is 392 g/mol. The standard InChI is InChI=1S/C19H12N4O4S/c20-10-14(8-12-6-7-17(24)16(9-12)23(26)27)18(25)22-19-21-15(11-28-19)13-4-2-1-3-5-13/h1-9,11,24H,(H,21,22,25)/b14-8+. The Morgan fingerprint density at radius 2 is 2.04 bits per heavy atom. The third kappa shape index (κ3) is 4.20. The number of carbonyl (C=O) groups is 1. The van der Waals surface area contributed by atoms with Crippen molar-refractivity contribution in [3.05, 3.63) is 75.2 Å². The highest BCUT2D eigenvalue weighted by Crippen LogP contribution is 2.28. The van der Waals surface area contributed by atoms with Crippen LogP contribution < -0.4 is 5.32 Å². The van der Waals surface area contributed by atoms with Gasteiger partial charge in [-0.2, -0.15) is 5.26 Å². The first-order valence-electron chi connectivity index (χ1n) is 7.89. The molecule has 8 nitrogen and oxygen atoms in total. The van der Waals surface area contributed by atoms with Gasteiger partial charge in [0.25, 0.3) is 5.91 Å². The number of nitro groups is 1. The lowest BCUT2D eigenvalue weighted by atomic mass is 10.1. The number of nitrogens with one attached hydrogen (secondary N) is 1. The third-order valence-corrected chi connectivity index (χ3v) is 4.42. The minimum atomic E-state index is -0.751. The summed E-state index contributed by atoms with van der Waals surface area (Å²) < 4.78 is 0. The van der Waals surface area contributed by atoms with E-state index in [-0.39, 0.29) is 11.1 Å². The smallest absolute Gasteiger partial charge is 0.311 e. The number of thiazole rings is 1. The van der Waals surface area contributed by atoms with E-state index in [0.29, 0.717) is 10.8 Å². The summed E-state index contributed by atoms with van der Waals surface area (Å²) >= 11 is 1.21. The first-order valence-corrected chi connectivity index (χ1v) is 8.77. The number of anilines is 1. The van der Waals surface area contributed by atoms with Crippen molar-refractivity contribution in [3.8, 4) is 23.1 Å². The number of hydrogen-bond acceptors (Lipinski definition) is 7. The van der Waals surface area contributed by atoms with Crippen LogP contribution in [0.25, 0.3) is 17.3 Å². The van der Waals surface area contributed by atoms with Crippen LogP contribution in [-0.4, -0.2) is 20.9 Å². The average Bonchev–Trinajstić information content (AvgIpc) is 3.16. The van der Waals surface area contributed by atoms with Crippen molar-refractivity contribution >= 4 is 34.1 Å². The highest BCUT2D eigenvalue weighted by Gasteiger charge is 2.16. The number of nitrogens with zero attached hydrogens (tertiary/aromatic N) is 3. The molecule has 1 heterocycles. The molecule has 0 aliphatic heterocycles. The van der Waals surface area contributed by atoms with Gasteiger partial charge in [0.15, 0.2) is 10.9 Å². The van der Waals surface area contributed by atoms with Gasteiger partial charge >= 0.3 is 5.69 Å². The monoisotopic (exact) mass is 392 g/mol. The second-order valence-corrected chi connectivity index (χ2v) is 6.39. The van der Waals surface area contributed by atoms with Gasteiger partial charge in [0.05, 0.1) is 10.6 Å². The van der Waals surface area contributed by atoms with Crippen molar-refractivity contribution in [1.29, 1.82) is 5.26 Å².